The number of benzene rings is 1. The van der Waals surface area contributed by atoms with Gasteiger partial charge in [-0.25, -0.2) is 4.79 Å². The lowest BCUT2D eigenvalue weighted by molar-refractivity contribution is -0.0287. The Morgan fingerprint density at radius 1 is 1.36 bits per heavy atom. The van der Waals surface area contributed by atoms with E-state index in [0.717, 1.165) is 30.5 Å². The maximum absolute atomic E-state index is 11.9. The van der Waals surface area contributed by atoms with Gasteiger partial charge in [0.1, 0.15) is 0 Å². The van der Waals surface area contributed by atoms with Crippen LogP contribution in [-0.2, 0) is 6.54 Å². The van der Waals surface area contributed by atoms with Crippen LogP contribution in [0.1, 0.15) is 24.8 Å². The first-order chi connectivity index (χ1) is 10.6. The molecule has 6 heteroatoms. The molecular weight excluding hydrogens is 280 g/mol. The van der Waals surface area contributed by atoms with E-state index >= 15 is 0 Å². The second kappa shape index (κ2) is 6.19. The number of anilines is 1. The summed E-state index contributed by atoms with van der Waals surface area (Å²) in [5.74, 6) is 0. The molecule has 1 aromatic heterocycles. The standard InChI is InChI=1S/C16H20N4O2/c21-15(17-12-16(22)6-2-7-16)19-14-5-1-4-13(10-14)11-20-9-3-8-18-20/h1,3-5,8-10,22H,2,6-7,11-12H2,(H2,17,19,21). The SMILES string of the molecule is O=C(NCC1(O)CCC1)Nc1cccc(Cn2cccn2)c1. The minimum absolute atomic E-state index is 0.295. The van der Waals surface area contributed by atoms with Gasteiger partial charge in [0.25, 0.3) is 0 Å². The Balaban J connectivity index is 1.54. The van der Waals surface area contributed by atoms with Gasteiger partial charge in [0.2, 0.25) is 0 Å². The van der Waals surface area contributed by atoms with Crippen molar-refractivity contribution < 1.29 is 9.90 Å². The van der Waals surface area contributed by atoms with E-state index in [0.29, 0.717) is 13.1 Å². The molecule has 1 aliphatic carbocycles. The van der Waals surface area contributed by atoms with Gasteiger partial charge in [0, 0.05) is 24.6 Å². The molecule has 1 heterocycles. The average Bonchev–Trinajstić information content (AvgIpc) is 2.96. The third kappa shape index (κ3) is 3.65. The van der Waals surface area contributed by atoms with Crippen LogP contribution in [0, 0.1) is 0 Å². The van der Waals surface area contributed by atoms with Crippen molar-refractivity contribution in [3.05, 3.63) is 48.3 Å². The van der Waals surface area contributed by atoms with E-state index in [9.17, 15) is 9.90 Å². The molecule has 3 rings (SSSR count). The van der Waals surface area contributed by atoms with Gasteiger partial charge in [-0.1, -0.05) is 12.1 Å². The number of nitrogens with zero attached hydrogens (tertiary/aromatic N) is 2. The molecule has 1 saturated carbocycles. The fourth-order valence-electron chi connectivity index (χ4n) is 2.51. The molecule has 1 fully saturated rings. The first-order valence-electron chi connectivity index (χ1n) is 7.47. The summed E-state index contributed by atoms with van der Waals surface area (Å²) in [7, 11) is 0. The number of nitrogens with one attached hydrogen (secondary N) is 2. The van der Waals surface area contributed by atoms with Crippen LogP contribution in [0.5, 0.6) is 0 Å². The normalized spacial score (nSPS) is 15.9. The van der Waals surface area contributed by atoms with Crippen LogP contribution in [0.2, 0.25) is 0 Å². The zero-order valence-electron chi connectivity index (χ0n) is 12.3. The Hall–Kier alpha value is -2.34. The third-order valence-corrected chi connectivity index (χ3v) is 3.95. The van der Waals surface area contributed by atoms with Gasteiger partial charge in [-0.05, 0) is 43.0 Å². The molecule has 1 aliphatic rings. The van der Waals surface area contributed by atoms with E-state index in [4.69, 9.17) is 0 Å². The minimum Gasteiger partial charge on any atom is -0.388 e. The van der Waals surface area contributed by atoms with Gasteiger partial charge in [-0.2, -0.15) is 5.10 Å². The monoisotopic (exact) mass is 300 g/mol. The van der Waals surface area contributed by atoms with Crippen LogP contribution in [0.3, 0.4) is 0 Å². The molecule has 6 nitrogen and oxygen atoms in total. The van der Waals surface area contributed by atoms with Gasteiger partial charge >= 0.3 is 6.03 Å². The largest absolute Gasteiger partial charge is 0.388 e. The molecule has 0 radical (unpaired) electrons. The number of urea groups is 1. The number of amides is 2. The second-order valence-corrected chi connectivity index (χ2v) is 5.79. The fraction of sp³-hybridized carbons (Fsp3) is 0.375. The van der Waals surface area contributed by atoms with Crippen molar-refractivity contribution in [2.45, 2.75) is 31.4 Å². The van der Waals surface area contributed by atoms with Crippen LogP contribution >= 0.6 is 0 Å². The summed E-state index contributed by atoms with van der Waals surface area (Å²) >= 11 is 0. The van der Waals surface area contributed by atoms with Crippen LogP contribution in [0.25, 0.3) is 0 Å². The smallest absolute Gasteiger partial charge is 0.319 e. The second-order valence-electron chi connectivity index (χ2n) is 5.79. The summed E-state index contributed by atoms with van der Waals surface area (Å²) in [5.41, 5.74) is 1.07. The topological polar surface area (TPSA) is 79.2 Å². The molecule has 0 spiro atoms. The number of rotatable bonds is 5. The van der Waals surface area contributed by atoms with Crippen molar-refractivity contribution in [3.63, 3.8) is 0 Å². The number of aliphatic hydroxyl groups is 1. The predicted octanol–water partition coefficient (Wildman–Crippen LogP) is 1.97. The van der Waals surface area contributed by atoms with Gasteiger partial charge < -0.3 is 15.7 Å². The Morgan fingerprint density at radius 2 is 2.23 bits per heavy atom. The molecule has 0 bridgehead atoms. The van der Waals surface area contributed by atoms with E-state index in [2.05, 4.69) is 15.7 Å². The maximum atomic E-state index is 11.9. The molecule has 0 atom stereocenters. The Kier molecular flexibility index (Phi) is 4.11. The Labute approximate surface area is 129 Å². The predicted molar refractivity (Wildman–Crippen MR) is 83.6 cm³/mol. The van der Waals surface area contributed by atoms with Crippen molar-refractivity contribution in [1.82, 2.24) is 15.1 Å². The van der Waals surface area contributed by atoms with E-state index < -0.39 is 5.60 Å². The highest BCUT2D eigenvalue weighted by Crippen LogP contribution is 2.30. The summed E-state index contributed by atoms with van der Waals surface area (Å²) in [4.78, 5) is 11.9. The van der Waals surface area contributed by atoms with Crippen LogP contribution in [0.4, 0.5) is 10.5 Å². The van der Waals surface area contributed by atoms with E-state index in [1.807, 2.05) is 41.2 Å². The van der Waals surface area contributed by atoms with E-state index in [1.54, 1.807) is 6.20 Å². The molecule has 0 unspecified atom stereocenters. The number of hydrogen-bond donors (Lipinski definition) is 3. The number of carbonyl (C=O) groups is 1. The molecule has 22 heavy (non-hydrogen) atoms. The number of carbonyl (C=O) groups excluding carboxylic acids is 1. The summed E-state index contributed by atoms with van der Waals surface area (Å²) in [6, 6.07) is 9.22. The molecule has 1 aromatic carbocycles. The summed E-state index contributed by atoms with van der Waals surface area (Å²) in [6.07, 6.45) is 6.17. The van der Waals surface area contributed by atoms with Crippen LogP contribution < -0.4 is 10.6 Å². The lowest BCUT2D eigenvalue weighted by Crippen LogP contribution is -2.48. The molecule has 0 aliphatic heterocycles. The summed E-state index contributed by atoms with van der Waals surface area (Å²) in [5, 5.41) is 19.6. The Morgan fingerprint density at radius 3 is 2.91 bits per heavy atom. The minimum atomic E-state index is -0.709. The molecule has 2 amide bonds. The highest BCUT2D eigenvalue weighted by Gasteiger charge is 2.34. The first kappa shape index (κ1) is 14.6. The van der Waals surface area contributed by atoms with Crippen LogP contribution in [0.15, 0.2) is 42.7 Å². The average molecular weight is 300 g/mol. The molecule has 116 valence electrons. The van der Waals surface area contributed by atoms with Crippen molar-refractivity contribution in [3.8, 4) is 0 Å². The van der Waals surface area contributed by atoms with Gasteiger partial charge in [-0.15, -0.1) is 0 Å². The van der Waals surface area contributed by atoms with Crippen molar-refractivity contribution >= 4 is 11.7 Å². The number of hydrogen-bond acceptors (Lipinski definition) is 3. The maximum Gasteiger partial charge on any atom is 0.319 e. The first-order valence-corrected chi connectivity index (χ1v) is 7.47. The third-order valence-electron chi connectivity index (χ3n) is 3.95. The highest BCUT2D eigenvalue weighted by molar-refractivity contribution is 5.89. The zero-order chi connectivity index (χ0) is 15.4. The van der Waals surface area contributed by atoms with Crippen molar-refractivity contribution in [2.24, 2.45) is 0 Å². The zero-order valence-corrected chi connectivity index (χ0v) is 12.3. The summed E-state index contributed by atoms with van der Waals surface area (Å²) in [6.45, 7) is 0.954. The Bertz CT molecular complexity index is 635. The highest BCUT2D eigenvalue weighted by atomic mass is 16.3. The van der Waals surface area contributed by atoms with Crippen molar-refractivity contribution in [2.75, 3.05) is 11.9 Å². The van der Waals surface area contributed by atoms with Gasteiger partial charge in [-0.3, -0.25) is 4.68 Å². The van der Waals surface area contributed by atoms with E-state index in [-0.39, 0.29) is 6.03 Å². The van der Waals surface area contributed by atoms with Gasteiger partial charge in [0.05, 0.1) is 12.1 Å². The van der Waals surface area contributed by atoms with Crippen LogP contribution in [-0.4, -0.2) is 33.1 Å². The molecule has 3 N–H and O–H groups in total. The molecule has 0 saturated heterocycles. The molecular formula is C16H20N4O2. The fourth-order valence-corrected chi connectivity index (χ4v) is 2.51. The van der Waals surface area contributed by atoms with Gasteiger partial charge in [0.15, 0.2) is 0 Å². The quantitative estimate of drug-likeness (QED) is 0.790. The lowest BCUT2D eigenvalue weighted by atomic mass is 9.80. The summed E-state index contributed by atoms with van der Waals surface area (Å²) < 4.78 is 1.82. The number of aromatic nitrogens is 2. The van der Waals surface area contributed by atoms with Crippen molar-refractivity contribution in [1.29, 1.82) is 0 Å². The van der Waals surface area contributed by atoms with E-state index in [1.165, 1.54) is 0 Å². The lowest BCUT2D eigenvalue weighted by Gasteiger charge is -2.36. The molecule has 2 aromatic rings.